The van der Waals surface area contributed by atoms with Crippen molar-refractivity contribution in [2.75, 3.05) is 17.7 Å². The van der Waals surface area contributed by atoms with Gasteiger partial charge in [-0.25, -0.2) is 13.9 Å². The lowest BCUT2D eigenvalue weighted by atomic mass is 10.3. The molecular formula is C18H16ClFN4O3. The van der Waals surface area contributed by atoms with Crippen LogP contribution >= 0.6 is 11.6 Å². The zero-order valence-corrected chi connectivity index (χ0v) is 15.0. The van der Waals surface area contributed by atoms with Crippen LogP contribution in [0.5, 0.6) is 11.5 Å². The predicted molar refractivity (Wildman–Crippen MR) is 99.9 cm³/mol. The third-order valence-electron chi connectivity index (χ3n) is 3.46. The number of nitrogens with one attached hydrogen (secondary N) is 2. The summed E-state index contributed by atoms with van der Waals surface area (Å²) in [5, 5.41) is 9.60. The first-order valence-electron chi connectivity index (χ1n) is 7.86. The molecule has 0 fully saturated rings. The molecule has 0 aliphatic carbocycles. The Morgan fingerprint density at radius 1 is 1.22 bits per heavy atom. The molecule has 2 aromatic carbocycles. The molecule has 0 radical (unpaired) electrons. The van der Waals surface area contributed by atoms with Gasteiger partial charge in [-0.15, -0.1) is 0 Å². The third-order valence-corrected chi connectivity index (χ3v) is 3.76. The number of hydrogen-bond acceptors (Lipinski definition) is 4. The number of nitrogens with zero attached hydrogens (tertiary/aromatic N) is 2. The van der Waals surface area contributed by atoms with E-state index in [1.807, 2.05) is 0 Å². The standard InChI is InChI=1S/C18H16ClFN4O3/c1-26-15-4-2-3-13(8-15)22-18(25)23-14-9-21-24(10-14)11-27-17-6-5-12(20)7-16(17)19/h2-10H,11H2,1H3,(H2,22,23,25). The Bertz CT molecular complexity index is 948. The number of rotatable bonds is 6. The molecule has 0 unspecified atom stereocenters. The van der Waals surface area contributed by atoms with Crippen molar-refractivity contribution >= 4 is 29.0 Å². The molecule has 9 heteroatoms. The number of halogens is 2. The monoisotopic (exact) mass is 390 g/mol. The van der Waals surface area contributed by atoms with Crippen molar-refractivity contribution < 1.29 is 18.7 Å². The van der Waals surface area contributed by atoms with E-state index in [2.05, 4.69) is 15.7 Å². The van der Waals surface area contributed by atoms with E-state index in [0.29, 0.717) is 22.9 Å². The summed E-state index contributed by atoms with van der Waals surface area (Å²) in [6, 6.07) is 10.4. The quantitative estimate of drug-likeness (QED) is 0.655. The first-order valence-corrected chi connectivity index (χ1v) is 8.23. The van der Waals surface area contributed by atoms with Gasteiger partial charge in [-0.1, -0.05) is 17.7 Å². The summed E-state index contributed by atoms with van der Waals surface area (Å²) in [7, 11) is 1.55. The Labute approximate surface area is 159 Å². The van der Waals surface area contributed by atoms with Gasteiger partial charge in [-0.05, 0) is 30.3 Å². The number of amides is 2. The Morgan fingerprint density at radius 3 is 2.81 bits per heavy atom. The van der Waals surface area contributed by atoms with Gasteiger partial charge in [-0.2, -0.15) is 5.10 Å². The highest BCUT2D eigenvalue weighted by Gasteiger charge is 2.07. The highest BCUT2D eigenvalue weighted by molar-refractivity contribution is 6.32. The van der Waals surface area contributed by atoms with Gasteiger partial charge >= 0.3 is 6.03 Å². The number of anilines is 2. The molecule has 140 valence electrons. The Kier molecular flexibility index (Phi) is 5.77. The number of carbonyl (C=O) groups is 1. The highest BCUT2D eigenvalue weighted by atomic mass is 35.5. The summed E-state index contributed by atoms with van der Waals surface area (Å²) in [4.78, 5) is 12.1. The number of aromatic nitrogens is 2. The van der Waals surface area contributed by atoms with Crippen molar-refractivity contribution in [1.29, 1.82) is 0 Å². The van der Waals surface area contributed by atoms with Crippen molar-refractivity contribution in [3.63, 3.8) is 0 Å². The maximum absolute atomic E-state index is 13.0. The molecule has 1 heterocycles. The van der Waals surface area contributed by atoms with Gasteiger partial charge in [0, 0.05) is 11.8 Å². The Balaban J connectivity index is 1.54. The van der Waals surface area contributed by atoms with E-state index in [-0.39, 0.29) is 11.8 Å². The zero-order valence-electron chi connectivity index (χ0n) is 14.3. The Hall–Kier alpha value is -3.26. The highest BCUT2D eigenvalue weighted by Crippen LogP contribution is 2.25. The fraction of sp³-hybridized carbons (Fsp3) is 0.111. The number of carbonyl (C=O) groups excluding carboxylic acids is 1. The second kappa shape index (κ2) is 8.41. The molecule has 2 amide bonds. The van der Waals surface area contributed by atoms with Gasteiger partial charge in [-0.3, -0.25) is 0 Å². The molecule has 0 aliphatic rings. The molecular weight excluding hydrogens is 375 g/mol. The van der Waals surface area contributed by atoms with E-state index in [9.17, 15) is 9.18 Å². The van der Waals surface area contributed by atoms with E-state index in [4.69, 9.17) is 21.1 Å². The Morgan fingerprint density at radius 2 is 2.04 bits per heavy atom. The molecule has 1 aromatic heterocycles. The molecule has 3 aromatic rings. The van der Waals surface area contributed by atoms with E-state index < -0.39 is 11.8 Å². The topological polar surface area (TPSA) is 77.4 Å². The maximum atomic E-state index is 13.0. The van der Waals surface area contributed by atoms with E-state index in [1.165, 1.54) is 23.0 Å². The van der Waals surface area contributed by atoms with Crippen LogP contribution in [0, 0.1) is 5.82 Å². The molecule has 0 spiro atoms. The fourth-order valence-electron chi connectivity index (χ4n) is 2.22. The fourth-order valence-corrected chi connectivity index (χ4v) is 2.44. The van der Waals surface area contributed by atoms with Crippen molar-refractivity contribution in [3.8, 4) is 11.5 Å². The third kappa shape index (κ3) is 5.11. The van der Waals surface area contributed by atoms with Crippen molar-refractivity contribution in [2.24, 2.45) is 0 Å². The van der Waals surface area contributed by atoms with E-state index >= 15 is 0 Å². The van der Waals surface area contributed by atoms with E-state index in [1.54, 1.807) is 37.6 Å². The van der Waals surface area contributed by atoms with Gasteiger partial charge < -0.3 is 20.1 Å². The molecule has 2 N–H and O–H groups in total. The van der Waals surface area contributed by atoms with Crippen LogP contribution in [0.4, 0.5) is 20.6 Å². The van der Waals surface area contributed by atoms with Crippen LogP contribution in [-0.2, 0) is 6.73 Å². The number of benzene rings is 2. The minimum Gasteiger partial charge on any atom is -0.497 e. The van der Waals surface area contributed by atoms with Gasteiger partial charge in [0.2, 0.25) is 0 Å². The molecule has 3 rings (SSSR count). The smallest absolute Gasteiger partial charge is 0.323 e. The van der Waals surface area contributed by atoms with Crippen LogP contribution in [0.1, 0.15) is 0 Å². The molecule has 7 nitrogen and oxygen atoms in total. The average molecular weight is 391 g/mol. The van der Waals surface area contributed by atoms with Crippen LogP contribution < -0.4 is 20.1 Å². The van der Waals surface area contributed by atoms with Crippen molar-refractivity contribution in [2.45, 2.75) is 6.73 Å². The average Bonchev–Trinajstić information content (AvgIpc) is 3.08. The number of hydrogen-bond donors (Lipinski definition) is 2. The second-order valence-electron chi connectivity index (χ2n) is 5.43. The normalized spacial score (nSPS) is 10.3. The molecule has 0 saturated carbocycles. The van der Waals surface area contributed by atoms with Crippen LogP contribution in [0.25, 0.3) is 0 Å². The zero-order chi connectivity index (χ0) is 19.2. The predicted octanol–water partition coefficient (Wildman–Crippen LogP) is 4.36. The lowest BCUT2D eigenvalue weighted by molar-refractivity contribution is 0.221. The minimum atomic E-state index is -0.444. The first-order chi connectivity index (χ1) is 13.0. The van der Waals surface area contributed by atoms with Crippen LogP contribution in [0.15, 0.2) is 54.9 Å². The largest absolute Gasteiger partial charge is 0.497 e. The lowest BCUT2D eigenvalue weighted by Gasteiger charge is -2.08. The summed E-state index contributed by atoms with van der Waals surface area (Å²) < 4.78 is 25.1. The maximum Gasteiger partial charge on any atom is 0.323 e. The van der Waals surface area contributed by atoms with Crippen molar-refractivity contribution in [1.82, 2.24) is 9.78 Å². The summed E-state index contributed by atoms with van der Waals surface area (Å²) >= 11 is 5.90. The molecule has 0 saturated heterocycles. The SMILES string of the molecule is COc1cccc(NC(=O)Nc2cnn(COc3ccc(F)cc3Cl)c2)c1. The van der Waals surface area contributed by atoms with Gasteiger partial charge in [0.25, 0.3) is 0 Å². The minimum absolute atomic E-state index is 0.0462. The summed E-state index contributed by atoms with van der Waals surface area (Å²) in [5.74, 6) is 0.524. The van der Waals surface area contributed by atoms with E-state index in [0.717, 1.165) is 6.07 Å². The number of ether oxygens (including phenoxy) is 2. The summed E-state index contributed by atoms with van der Waals surface area (Å²) in [5.41, 5.74) is 1.07. The van der Waals surface area contributed by atoms with Crippen LogP contribution in [-0.4, -0.2) is 22.9 Å². The van der Waals surface area contributed by atoms with Crippen LogP contribution in [0.2, 0.25) is 5.02 Å². The van der Waals surface area contributed by atoms with Crippen molar-refractivity contribution in [3.05, 3.63) is 65.7 Å². The van der Waals surface area contributed by atoms with Gasteiger partial charge in [0.05, 0.1) is 30.2 Å². The summed E-state index contributed by atoms with van der Waals surface area (Å²) in [6.07, 6.45) is 3.06. The van der Waals surface area contributed by atoms with Crippen LogP contribution in [0.3, 0.4) is 0 Å². The summed E-state index contributed by atoms with van der Waals surface area (Å²) in [6.45, 7) is 0.0462. The number of urea groups is 1. The molecule has 0 bridgehead atoms. The lowest BCUT2D eigenvalue weighted by Crippen LogP contribution is -2.19. The molecule has 0 aliphatic heterocycles. The van der Waals surface area contributed by atoms with Gasteiger partial charge in [0.1, 0.15) is 17.3 Å². The first kappa shape index (κ1) is 18.5. The van der Waals surface area contributed by atoms with Gasteiger partial charge in [0.15, 0.2) is 6.73 Å². The molecule has 0 atom stereocenters. The molecule has 27 heavy (non-hydrogen) atoms. The second-order valence-corrected chi connectivity index (χ2v) is 5.83. The number of methoxy groups -OCH3 is 1.